The Hall–Kier alpha value is -3.79. The van der Waals surface area contributed by atoms with Crippen LogP contribution in [0.5, 0.6) is 0 Å². The summed E-state index contributed by atoms with van der Waals surface area (Å²) < 4.78 is 22.9. The van der Waals surface area contributed by atoms with E-state index in [0.29, 0.717) is 11.0 Å². The summed E-state index contributed by atoms with van der Waals surface area (Å²) in [7, 11) is 5.97. The van der Waals surface area contributed by atoms with Gasteiger partial charge in [-0.2, -0.15) is 0 Å². The van der Waals surface area contributed by atoms with Crippen molar-refractivity contribution >= 4 is 17.9 Å². The van der Waals surface area contributed by atoms with Gasteiger partial charge >= 0.3 is 17.9 Å². The molecule has 442 valence electrons. The van der Waals surface area contributed by atoms with Crippen LogP contribution in [0.15, 0.2) is 97.2 Å². The Kier molecular flexibility index (Phi) is 55.5. The fourth-order valence-corrected chi connectivity index (χ4v) is 8.59. The smallest absolute Gasteiger partial charge is 0.361 e. The summed E-state index contributed by atoms with van der Waals surface area (Å²) >= 11 is 0. The first-order valence-electron chi connectivity index (χ1n) is 31.4. The molecule has 0 saturated carbocycles. The highest BCUT2D eigenvalue weighted by molar-refractivity contribution is 5.71. The van der Waals surface area contributed by atoms with Gasteiger partial charge in [-0.1, -0.05) is 252 Å². The topological polar surface area (TPSA) is 108 Å². The maximum Gasteiger partial charge on any atom is 0.361 e. The number of likely N-dealkylation sites (N-methyl/N-ethyl adjacent to an activating group) is 1. The molecule has 0 bridgehead atoms. The van der Waals surface area contributed by atoms with Crippen molar-refractivity contribution in [1.82, 2.24) is 0 Å². The Morgan fingerprint density at radius 1 is 0.390 bits per heavy atom. The van der Waals surface area contributed by atoms with Crippen LogP contribution in [0, 0.1) is 0 Å². The van der Waals surface area contributed by atoms with Gasteiger partial charge < -0.3 is 28.5 Å². The maximum absolute atomic E-state index is 12.9. The highest BCUT2D eigenvalue weighted by Gasteiger charge is 2.25. The standard InChI is InChI=1S/C68H117NO8/c1-6-8-10-12-14-16-18-20-22-24-26-27-28-29-30-31-32-33-34-35-36-37-38-39-41-43-45-47-49-51-53-55-57-59-66(71)77-64(63-76-68(67(72)73)74-61-60-69(3,4)5)62-75-65(70)58-56-54-52-50-48-46-44-42-40-25-23-21-19-17-15-13-11-9-7-2/h8-11,14-17,20-23,26-27,40,42,64,68H,6-7,12-13,18-19,24-25,28-39,41,43-63H2,1-5H3/p+1/b10-8-,11-9-,16-14-,17-15-,22-20-,23-21-,27-26-,42-40-. The SMILES string of the molecule is CC/C=C\C/C=C\C/C=C\C/C=C\CCCCCCCCCCCCCCCCCCCCCCC(=O)OC(COC(=O)CCCCCCCC/C=C\C/C=C\C/C=C\C/C=C\CC)COC(OCC[N+](C)(C)C)C(=O)O. The fourth-order valence-electron chi connectivity index (χ4n) is 8.59. The van der Waals surface area contributed by atoms with E-state index in [0.717, 1.165) is 103 Å². The number of carboxylic acid groups (broad SMARTS) is 1. The number of carbonyl (C=O) groups is 3. The maximum atomic E-state index is 12.9. The number of allylic oxidation sites excluding steroid dienone is 16. The van der Waals surface area contributed by atoms with Gasteiger partial charge in [0, 0.05) is 12.8 Å². The largest absolute Gasteiger partial charge is 0.477 e. The highest BCUT2D eigenvalue weighted by atomic mass is 16.7. The molecular weight excluding hydrogens is 959 g/mol. The van der Waals surface area contributed by atoms with Crippen LogP contribution >= 0.6 is 0 Å². The molecule has 0 aliphatic rings. The van der Waals surface area contributed by atoms with Crippen molar-refractivity contribution in [3.63, 3.8) is 0 Å². The van der Waals surface area contributed by atoms with Crippen molar-refractivity contribution in [2.75, 3.05) is 47.5 Å². The van der Waals surface area contributed by atoms with Crippen molar-refractivity contribution in [3.8, 4) is 0 Å². The molecule has 0 fully saturated rings. The Morgan fingerprint density at radius 3 is 1.04 bits per heavy atom. The molecule has 0 aliphatic heterocycles. The van der Waals surface area contributed by atoms with Crippen LogP contribution in [0.4, 0.5) is 0 Å². The van der Waals surface area contributed by atoms with Crippen molar-refractivity contribution < 1.29 is 42.9 Å². The Balaban J connectivity index is 4.13. The molecule has 1 N–H and O–H groups in total. The third kappa shape index (κ3) is 59.7. The van der Waals surface area contributed by atoms with E-state index in [-0.39, 0.29) is 38.6 Å². The van der Waals surface area contributed by atoms with E-state index in [1.54, 1.807) is 0 Å². The van der Waals surface area contributed by atoms with Crippen molar-refractivity contribution in [3.05, 3.63) is 97.2 Å². The van der Waals surface area contributed by atoms with Crippen LogP contribution in [0.3, 0.4) is 0 Å². The van der Waals surface area contributed by atoms with Crippen LogP contribution in [0.1, 0.15) is 258 Å². The number of ether oxygens (including phenoxy) is 4. The molecule has 2 unspecified atom stereocenters. The van der Waals surface area contributed by atoms with Crippen molar-refractivity contribution in [2.24, 2.45) is 0 Å². The molecule has 0 heterocycles. The molecule has 77 heavy (non-hydrogen) atoms. The Bertz CT molecular complexity index is 1580. The lowest BCUT2D eigenvalue weighted by Crippen LogP contribution is -2.40. The molecule has 0 amide bonds. The minimum atomic E-state index is -1.52. The van der Waals surface area contributed by atoms with E-state index in [2.05, 4.69) is 111 Å². The van der Waals surface area contributed by atoms with Gasteiger partial charge in [0.05, 0.1) is 34.4 Å². The normalized spacial score (nSPS) is 13.4. The molecule has 0 rings (SSSR count). The van der Waals surface area contributed by atoms with Gasteiger partial charge in [0.15, 0.2) is 6.10 Å². The average molecular weight is 1080 g/mol. The van der Waals surface area contributed by atoms with E-state index in [4.69, 9.17) is 18.9 Å². The Labute approximate surface area is 473 Å². The number of nitrogens with zero attached hydrogens (tertiary/aromatic N) is 1. The molecule has 9 heteroatoms. The van der Waals surface area contributed by atoms with Crippen molar-refractivity contribution in [1.29, 1.82) is 0 Å². The lowest BCUT2D eigenvalue weighted by Gasteiger charge is -2.25. The third-order valence-corrected chi connectivity index (χ3v) is 13.3. The molecule has 0 spiro atoms. The van der Waals surface area contributed by atoms with Gasteiger partial charge in [-0.05, 0) is 89.9 Å². The van der Waals surface area contributed by atoms with Gasteiger partial charge in [0.2, 0.25) is 0 Å². The quantitative estimate of drug-likeness (QED) is 0.0211. The molecule has 0 saturated heterocycles. The average Bonchev–Trinajstić information content (AvgIpc) is 3.40. The fraction of sp³-hybridized carbons (Fsp3) is 0.721. The molecule has 0 aliphatic carbocycles. The van der Waals surface area contributed by atoms with Crippen LogP contribution < -0.4 is 0 Å². The summed E-state index contributed by atoms with van der Waals surface area (Å²) in [6, 6.07) is 0. The lowest BCUT2D eigenvalue weighted by molar-refractivity contribution is -0.870. The molecular formula is C68H118NO8+. The zero-order chi connectivity index (χ0) is 56.2. The van der Waals surface area contributed by atoms with Gasteiger partial charge in [-0.15, -0.1) is 0 Å². The summed E-state index contributed by atoms with van der Waals surface area (Å²) in [5.74, 6) is -2.02. The lowest BCUT2D eigenvalue weighted by atomic mass is 10.0. The van der Waals surface area contributed by atoms with E-state index >= 15 is 0 Å². The molecule has 0 radical (unpaired) electrons. The highest BCUT2D eigenvalue weighted by Crippen LogP contribution is 2.17. The number of unbranched alkanes of at least 4 members (excludes halogenated alkanes) is 26. The minimum Gasteiger partial charge on any atom is -0.477 e. The predicted molar refractivity (Wildman–Crippen MR) is 327 cm³/mol. The van der Waals surface area contributed by atoms with Crippen LogP contribution in [-0.2, 0) is 33.3 Å². The molecule has 9 nitrogen and oxygen atoms in total. The summed E-state index contributed by atoms with van der Waals surface area (Å²) in [4.78, 5) is 37.5. The Morgan fingerprint density at radius 2 is 0.701 bits per heavy atom. The van der Waals surface area contributed by atoms with Gasteiger partial charge in [-0.3, -0.25) is 9.59 Å². The first-order chi connectivity index (χ1) is 37.6. The zero-order valence-electron chi connectivity index (χ0n) is 50.3. The molecule has 0 aromatic rings. The van der Waals surface area contributed by atoms with E-state index in [9.17, 15) is 19.5 Å². The predicted octanol–water partition coefficient (Wildman–Crippen LogP) is 18.9. The molecule has 2 atom stereocenters. The number of hydrogen-bond acceptors (Lipinski definition) is 7. The second kappa shape index (κ2) is 58.4. The van der Waals surface area contributed by atoms with Crippen LogP contribution in [0.25, 0.3) is 0 Å². The van der Waals surface area contributed by atoms with Crippen LogP contribution in [0.2, 0.25) is 0 Å². The number of hydrogen-bond donors (Lipinski definition) is 1. The number of carboxylic acids is 1. The monoisotopic (exact) mass is 1080 g/mol. The second-order valence-corrected chi connectivity index (χ2v) is 22.0. The third-order valence-electron chi connectivity index (χ3n) is 13.3. The number of carbonyl (C=O) groups excluding carboxylic acids is 2. The number of esters is 2. The van der Waals surface area contributed by atoms with Crippen LogP contribution in [-0.4, -0.2) is 87.4 Å². The summed E-state index contributed by atoms with van der Waals surface area (Å²) in [6.07, 6.45) is 76.5. The first-order valence-corrected chi connectivity index (χ1v) is 31.4. The van der Waals surface area contributed by atoms with E-state index in [1.165, 1.54) is 128 Å². The number of quaternary nitrogens is 1. The van der Waals surface area contributed by atoms with Crippen molar-refractivity contribution in [2.45, 2.75) is 270 Å². The number of aliphatic carboxylic acids is 1. The van der Waals surface area contributed by atoms with Gasteiger partial charge in [0.1, 0.15) is 13.2 Å². The minimum absolute atomic E-state index is 0.182. The van der Waals surface area contributed by atoms with Gasteiger partial charge in [-0.25, -0.2) is 4.79 Å². The number of rotatable bonds is 57. The summed E-state index contributed by atoms with van der Waals surface area (Å²) in [6.45, 7) is 4.65. The molecule has 0 aromatic heterocycles. The zero-order valence-corrected chi connectivity index (χ0v) is 50.3. The second-order valence-electron chi connectivity index (χ2n) is 22.0. The summed E-state index contributed by atoms with van der Waals surface area (Å²) in [5, 5.41) is 9.72. The summed E-state index contributed by atoms with van der Waals surface area (Å²) in [5.41, 5.74) is 0. The van der Waals surface area contributed by atoms with E-state index in [1.807, 2.05) is 21.1 Å². The molecule has 0 aromatic carbocycles. The first kappa shape index (κ1) is 73.2. The van der Waals surface area contributed by atoms with E-state index < -0.39 is 24.3 Å². The van der Waals surface area contributed by atoms with Gasteiger partial charge in [0.25, 0.3) is 6.29 Å².